The number of fused-ring (bicyclic) bond motifs is 5. The van der Waals surface area contributed by atoms with Gasteiger partial charge in [0.2, 0.25) is 11.8 Å². The minimum absolute atomic E-state index is 0.0279. The van der Waals surface area contributed by atoms with Crippen molar-refractivity contribution in [2.45, 2.75) is 84.2 Å². The molecule has 2 amide bonds. The predicted molar refractivity (Wildman–Crippen MR) is 163 cm³/mol. The summed E-state index contributed by atoms with van der Waals surface area (Å²) in [6.45, 7) is 11.6. The lowest BCUT2D eigenvalue weighted by atomic mass is 9.94. The number of likely N-dealkylation sites (N-methyl/N-ethyl adjacent to an activating group) is 1. The molecule has 45 heavy (non-hydrogen) atoms. The van der Waals surface area contributed by atoms with Crippen LogP contribution in [0, 0.1) is 0 Å². The second-order valence-electron chi connectivity index (χ2n) is 12.5. The maximum Gasteiger partial charge on any atom is 0.514 e. The lowest BCUT2D eigenvalue weighted by molar-refractivity contribution is -0.145. The Morgan fingerprint density at radius 2 is 1.33 bits per heavy atom. The Bertz CT molecular complexity index is 1460. The van der Waals surface area contributed by atoms with Crippen molar-refractivity contribution >= 4 is 30.1 Å². The van der Waals surface area contributed by atoms with E-state index in [1.54, 1.807) is 72.9 Å². The van der Waals surface area contributed by atoms with Gasteiger partial charge in [-0.15, -0.1) is 0 Å². The summed E-state index contributed by atoms with van der Waals surface area (Å²) < 4.78 is 26.9. The van der Waals surface area contributed by atoms with Gasteiger partial charge >= 0.3 is 18.3 Å². The largest absolute Gasteiger partial charge is 0.514 e. The Labute approximate surface area is 262 Å². The zero-order valence-electron chi connectivity index (χ0n) is 27.0. The van der Waals surface area contributed by atoms with Crippen LogP contribution in [0.4, 0.5) is 9.59 Å². The van der Waals surface area contributed by atoms with Gasteiger partial charge in [0.15, 0.2) is 0 Å². The quantitative estimate of drug-likeness (QED) is 0.255. The van der Waals surface area contributed by atoms with Crippen molar-refractivity contribution in [1.82, 2.24) is 16.0 Å². The first-order valence-electron chi connectivity index (χ1n) is 14.4. The smallest absolute Gasteiger partial charge is 0.467 e. The van der Waals surface area contributed by atoms with Gasteiger partial charge in [-0.1, -0.05) is 12.1 Å². The minimum atomic E-state index is -1.13. The van der Waals surface area contributed by atoms with Crippen LogP contribution in [0.5, 0.6) is 11.5 Å². The summed E-state index contributed by atoms with van der Waals surface area (Å²) >= 11 is 0. The van der Waals surface area contributed by atoms with Crippen LogP contribution in [0.1, 0.15) is 65.6 Å². The molecule has 0 spiro atoms. The number of amides is 2. The summed E-state index contributed by atoms with van der Waals surface area (Å²) in [6, 6.07) is 6.27. The van der Waals surface area contributed by atoms with Gasteiger partial charge in [-0.3, -0.25) is 9.59 Å². The first-order chi connectivity index (χ1) is 20.9. The second kappa shape index (κ2) is 14.0. The molecule has 2 aromatic rings. The average Bonchev–Trinajstić information content (AvgIpc) is 2.91. The first-order valence-corrected chi connectivity index (χ1v) is 14.4. The van der Waals surface area contributed by atoms with Crippen molar-refractivity contribution in [3.8, 4) is 22.6 Å². The van der Waals surface area contributed by atoms with E-state index >= 15 is 0 Å². The first kappa shape index (κ1) is 34.8. The molecule has 1 aliphatic rings. The molecule has 13 nitrogen and oxygen atoms in total. The van der Waals surface area contributed by atoms with Crippen molar-refractivity contribution < 1.29 is 47.7 Å². The molecule has 0 aromatic heterocycles. The van der Waals surface area contributed by atoms with Crippen LogP contribution in [0.2, 0.25) is 0 Å². The van der Waals surface area contributed by atoms with Crippen LogP contribution in [-0.4, -0.2) is 67.5 Å². The molecule has 4 bridgehead atoms. The van der Waals surface area contributed by atoms with Gasteiger partial charge in [-0.2, -0.15) is 0 Å². The van der Waals surface area contributed by atoms with Crippen LogP contribution < -0.4 is 25.4 Å². The molecule has 3 rings (SSSR count). The van der Waals surface area contributed by atoms with Gasteiger partial charge in [-0.25, -0.2) is 14.4 Å². The van der Waals surface area contributed by atoms with E-state index < -0.39 is 59.4 Å². The Kier molecular flexibility index (Phi) is 10.8. The van der Waals surface area contributed by atoms with E-state index in [4.69, 9.17) is 23.7 Å². The summed E-state index contributed by atoms with van der Waals surface area (Å²) in [6.07, 6.45) is -2.00. The highest BCUT2D eigenvalue weighted by atomic mass is 16.7. The van der Waals surface area contributed by atoms with Gasteiger partial charge < -0.3 is 39.6 Å². The second-order valence-corrected chi connectivity index (χ2v) is 12.5. The van der Waals surface area contributed by atoms with Gasteiger partial charge in [0.1, 0.15) is 40.8 Å². The highest BCUT2D eigenvalue weighted by Gasteiger charge is 2.30. The monoisotopic (exact) mass is 627 g/mol. The topological polar surface area (TPSA) is 168 Å². The third kappa shape index (κ3) is 9.67. The number of ether oxygens (including phenoxy) is 5. The van der Waals surface area contributed by atoms with Crippen molar-refractivity contribution in [3.05, 3.63) is 47.5 Å². The van der Waals surface area contributed by atoms with Crippen LogP contribution in [0.3, 0.4) is 0 Å². The van der Waals surface area contributed by atoms with E-state index in [1.165, 1.54) is 26.2 Å². The highest BCUT2D eigenvalue weighted by Crippen LogP contribution is 2.40. The van der Waals surface area contributed by atoms with Crippen LogP contribution in [-0.2, 0) is 35.0 Å². The molecule has 0 aliphatic carbocycles. The summed E-state index contributed by atoms with van der Waals surface area (Å²) in [5.41, 5.74) is -0.219. The number of hydrogen-bond acceptors (Lipinski definition) is 11. The van der Waals surface area contributed by atoms with E-state index in [1.807, 2.05) is 0 Å². The maximum atomic E-state index is 13.4. The molecular formula is C32H41N3O10. The van der Waals surface area contributed by atoms with Crippen LogP contribution in [0.25, 0.3) is 11.1 Å². The third-order valence-electron chi connectivity index (χ3n) is 6.38. The fourth-order valence-electron chi connectivity index (χ4n) is 4.43. The molecule has 13 heteroatoms. The van der Waals surface area contributed by atoms with E-state index in [9.17, 15) is 24.0 Å². The molecule has 2 aromatic carbocycles. The van der Waals surface area contributed by atoms with Crippen molar-refractivity contribution in [3.63, 3.8) is 0 Å². The molecule has 244 valence electrons. The normalized spacial score (nSPS) is 18.8. The number of carbonyl (C=O) groups is 5. The molecule has 1 heterocycles. The third-order valence-corrected chi connectivity index (χ3v) is 6.38. The van der Waals surface area contributed by atoms with E-state index in [0.29, 0.717) is 11.1 Å². The lowest BCUT2D eigenvalue weighted by Gasteiger charge is -2.25. The number of nitrogens with one attached hydrogen (secondary N) is 3. The van der Waals surface area contributed by atoms with E-state index in [-0.39, 0.29) is 29.0 Å². The summed E-state index contributed by atoms with van der Waals surface area (Å²) in [5, 5.41) is 8.21. The molecule has 3 N–H and O–H groups in total. The molecular weight excluding hydrogens is 586 g/mol. The van der Waals surface area contributed by atoms with Gasteiger partial charge in [-0.05, 0) is 90.9 Å². The number of rotatable bonds is 4. The summed E-state index contributed by atoms with van der Waals surface area (Å²) in [7, 11) is 2.76. The fourth-order valence-corrected chi connectivity index (χ4v) is 4.43. The SMILES string of the molecule is CN[C@@H]1C(=O)N[C@@H](C)C(=O)N[C@H](C(=O)OC)Cc2ccc(OC(=O)OC(C)(C)C)c(c2)-c2cc1ccc2OC(=O)OC(C)(C)C. The number of hydrogen-bond donors (Lipinski definition) is 3. The fraction of sp³-hybridized carbons (Fsp3) is 0.469. The number of benzene rings is 2. The molecule has 0 saturated heterocycles. The van der Waals surface area contributed by atoms with Crippen LogP contribution >= 0.6 is 0 Å². The number of methoxy groups -OCH3 is 1. The molecule has 0 fully saturated rings. The summed E-state index contributed by atoms with van der Waals surface area (Å²) in [5.74, 6) is -1.79. The highest BCUT2D eigenvalue weighted by molar-refractivity contribution is 5.93. The molecule has 0 radical (unpaired) electrons. The molecule has 0 saturated carbocycles. The minimum Gasteiger partial charge on any atom is -0.467 e. The van der Waals surface area contributed by atoms with Crippen molar-refractivity contribution in [1.29, 1.82) is 0 Å². The van der Waals surface area contributed by atoms with E-state index in [0.717, 1.165) is 0 Å². The summed E-state index contributed by atoms with van der Waals surface area (Å²) in [4.78, 5) is 64.6. The molecule has 1 aliphatic heterocycles. The van der Waals surface area contributed by atoms with Gasteiger partial charge in [0, 0.05) is 17.5 Å². The standard InChI is InChI=1S/C32H41N3O10/c1-17-26(36)35-22(28(38)41-9)15-18-10-12-23(42-29(39)44-31(2,3)4)20(14-18)21-16-19(25(33-8)27(37)34-17)11-13-24(21)43-30(40)45-32(5,6)7/h10-14,16-17,22,25,33H,15H2,1-9H3,(H,34,37)(H,35,36)/t17-,22-,25-/m0/s1. The van der Waals surface area contributed by atoms with Gasteiger partial charge in [0.05, 0.1) is 7.11 Å². The van der Waals surface area contributed by atoms with Gasteiger partial charge in [0.25, 0.3) is 0 Å². The van der Waals surface area contributed by atoms with Crippen LogP contribution in [0.15, 0.2) is 36.4 Å². The number of esters is 1. The molecule has 3 atom stereocenters. The number of carbonyl (C=O) groups excluding carboxylic acids is 5. The van der Waals surface area contributed by atoms with E-state index in [2.05, 4.69) is 16.0 Å². The van der Waals surface area contributed by atoms with Crippen molar-refractivity contribution in [2.24, 2.45) is 0 Å². The van der Waals surface area contributed by atoms with Crippen molar-refractivity contribution in [2.75, 3.05) is 14.2 Å². The zero-order chi connectivity index (χ0) is 33.7. The Morgan fingerprint density at radius 3 is 1.84 bits per heavy atom. The maximum absolute atomic E-state index is 13.4. The Balaban J connectivity index is 2.30. The Hall–Kier alpha value is -4.65. The zero-order valence-corrected chi connectivity index (χ0v) is 27.0. The predicted octanol–water partition coefficient (Wildman–Crippen LogP) is 3.96. The Morgan fingerprint density at radius 1 is 0.800 bits per heavy atom. The lowest BCUT2D eigenvalue weighted by Crippen LogP contribution is -2.52. The molecule has 0 unspecified atom stereocenters. The average molecular weight is 628 g/mol.